The second kappa shape index (κ2) is 8.65. The van der Waals surface area contributed by atoms with Crippen molar-refractivity contribution in [3.05, 3.63) is 23.2 Å². The van der Waals surface area contributed by atoms with Crippen molar-refractivity contribution in [2.75, 3.05) is 37.4 Å². The van der Waals surface area contributed by atoms with Gasteiger partial charge in [-0.25, -0.2) is 0 Å². The maximum absolute atomic E-state index is 12.1. The first-order valence-corrected chi connectivity index (χ1v) is 8.03. The van der Waals surface area contributed by atoms with Crippen molar-refractivity contribution in [2.45, 2.75) is 19.3 Å². The molecule has 2 N–H and O–H groups in total. The fourth-order valence-electron chi connectivity index (χ4n) is 2.41. The van der Waals surface area contributed by atoms with E-state index in [1.165, 1.54) is 7.11 Å². The van der Waals surface area contributed by atoms with Gasteiger partial charge in [0, 0.05) is 25.8 Å². The molecule has 0 spiro atoms. The molecule has 0 saturated carbocycles. The summed E-state index contributed by atoms with van der Waals surface area (Å²) in [5, 5.41) is 5.60. The number of ether oxygens (including phenoxy) is 1. The van der Waals surface area contributed by atoms with E-state index in [0.29, 0.717) is 29.4 Å². The highest BCUT2D eigenvalue weighted by Crippen LogP contribution is 2.25. The molecule has 1 aliphatic heterocycles. The molecule has 1 fully saturated rings. The minimum atomic E-state index is -0.320. The molecule has 7 nitrogen and oxygen atoms in total. The zero-order valence-electron chi connectivity index (χ0n) is 13.4. The van der Waals surface area contributed by atoms with E-state index in [1.807, 2.05) is 0 Å². The lowest BCUT2D eigenvalue weighted by molar-refractivity contribution is -0.136. The largest absolute Gasteiger partial charge is 0.375 e. The fraction of sp³-hybridized carbons (Fsp3) is 0.438. The predicted molar refractivity (Wildman–Crippen MR) is 91.0 cm³/mol. The molecule has 1 aromatic carbocycles. The van der Waals surface area contributed by atoms with Crippen LogP contribution in [0.25, 0.3) is 0 Å². The summed E-state index contributed by atoms with van der Waals surface area (Å²) in [4.78, 5) is 36.8. The number of methoxy groups -OCH3 is 1. The number of rotatable bonds is 6. The van der Waals surface area contributed by atoms with Crippen LogP contribution in [0.3, 0.4) is 0 Å². The summed E-state index contributed by atoms with van der Waals surface area (Å²) in [6.45, 7) is 0.568. The molecule has 2 rings (SSSR count). The average molecular weight is 354 g/mol. The molecule has 0 bridgehead atoms. The van der Waals surface area contributed by atoms with Crippen LogP contribution >= 0.6 is 11.6 Å². The molecule has 8 heteroatoms. The Hall–Kier alpha value is -2.12. The monoisotopic (exact) mass is 353 g/mol. The first-order valence-electron chi connectivity index (χ1n) is 7.65. The van der Waals surface area contributed by atoms with Gasteiger partial charge in [-0.1, -0.05) is 11.6 Å². The summed E-state index contributed by atoms with van der Waals surface area (Å²) < 4.78 is 4.73. The molecule has 130 valence electrons. The van der Waals surface area contributed by atoms with E-state index in [1.54, 1.807) is 23.1 Å². The predicted octanol–water partition coefficient (Wildman–Crippen LogP) is 1.88. The van der Waals surface area contributed by atoms with E-state index in [-0.39, 0.29) is 30.9 Å². The molecule has 0 unspecified atom stereocenters. The van der Waals surface area contributed by atoms with Gasteiger partial charge in [0.2, 0.25) is 17.7 Å². The number of carbonyl (C=O) groups excluding carboxylic acids is 3. The molecule has 24 heavy (non-hydrogen) atoms. The number of amides is 3. The Bertz CT molecular complexity index is 636. The van der Waals surface area contributed by atoms with E-state index in [2.05, 4.69) is 10.6 Å². The Morgan fingerprint density at radius 1 is 1.25 bits per heavy atom. The van der Waals surface area contributed by atoms with Gasteiger partial charge < -0.3 is 20.3 Å². The standard InChI is InChI=1S/C16H20ClN3O4/c1-24-10-15(22)19-13-6-5-11(8-12(13)17)18-14(21)9-20-7-3-2-4-16(20)23/h5-6,8H,2-4,7,9-10H2,1H3,(H,18,21)(H,19,22). The minimum absolute atomic E-state index is 0.00522. The lowest BCUT2D eigenvalue weighted by Gasteiger charge is -2.26. The molecule has 0 aromatic heterocycles. The Morgan fingerprint density at radius 2 is 2.04 bits per heavy atom. The molecule has 1 aliphatic rings. The van der Waals surface area contributed by atoms with Gasteiger partial charge in [0.1, 0.15) is 6.61 Å². The van der Waals surface area contributed by atoms with Gasteiger partial charge >= 0.3 is 0 Å². The van der Waals surface area contributed by atoms with Crippen molar-refractivity contribution in [3.8, 4) is 0 Å². The van der Waals surface area contributed by atoms with Crippen LogP contribution in [-0.2, 0) is 19.1 Å². The van der Waals surface area contributed by atoms with Crippen molar-refractivity contribution < 1.29 is 19.1 Å². The van der Waals surface area contributed by atoms with E-state index >= 15 is 0 Å². The smallest absolute Gasteiger partial charge is 0.250 e. The number of piperidine rings is 1. The molecule has 1 aromatic rings. The quantitative estimate of drug-likeness (QED) is 0.817. The van der Waals surface area contributed by atoms with Crippen molar-refractivity contribution >= 4 is 40.7 Å². The second-order valence-electron chi connectivity index (χ2n) is 5.50. The molecule has 1 saturated heterocycles. The van der Waals surface area contributed by atoms with E-state index in [9.17, 15) is 14.4 Å². The summed E-state index contributed by atoms with van der Waals surface area (Å²) in [6, 6.07) is 4.77. The van der Waals surface area contributed by atoms with Crippen molar-refractivity contribution in [2.24, 2.45) is 0 Å². The van der Waals surface area contributed by atoms with Crippen LogP contribution in [0.1, 0.15) is 19.3 Å². The number of hydrogen-bond donors (Lipinski definition) is 2. The molecule has 0 atom stereocenters. The number of benzene rings is 1. The highest BCUT2D eigenvalue weighted by molar-refractivity contribution is 6.34. The summed E-state index contributed by atoms with van der Waals surface area (Å²) in [7, 11) is 1.42. The van der Waals surface area contributed by atoms with Crippen LogP contribution in [0.2, 0.25) is 5.02 Å². The maximum atomic E-state index is 12.1. The Balaban J connectivity index is 1.92. The highest BCUT2D eigenvalue weighted by Gasteiger charge is 2.20. The van der Waals surface area contributed by atoms with Crippen LogP contribution < -0.4 is 10.6 Å². The van der Waals surface area contributed by atoms with Gasteiger partial charge in [0.15, 0.2) is 0 Å². The molecule has 1 heterocycles. The summed E-state index contributed by atoms with van der Waals surface area (Å²) in [5.74, 6) is -0.595. The van der Waals surface area contributed by atoms with Gasteiger partial charge in [0.05, 0.1) is 17.3 Å². The third-order valence-corrected chi connectivity index (χ3v) is 3.87. The van der Waals surface area contributed by atoms with Crippen LogP contribution in [-0.4, -0.2) is 49.4 Å². The Morgan fingerprint density at radius 3 is 2.71 bits per heavy atom. The first kappa shape index (κ1) is 18.2. The lowest BCUT2D eigenvalue weighted by atomic mass is 10.1. The zero-order valence-corrected chi connectivity index (χ0v) is 14.2. The minimum Gasteiger partial charge on any atom is -0.375 e. The molecular formula is C16H20ClN3O4. The number of nitrogens with zero attached hydrogens (tertiary/aromatic N) is 1. The molecule has 3 amide bonds. The SMILES string of the molecule is COCC(=O)Nc1ccc(NC(=O)CN2CCCCC2=O)cc1Cl. The van der Waals surface area contributed by atoms with Gasteiger partial charge in [-0.15, -0.1) is 0 Å². The summed E-state index contributed by atoms with van der Waals surface area (Å²) >= 11 is 6.10. The lowest BCUT2D eigenvalue weighted by Crippen LogP contribution is -2.40. The Kier molecular flexibility index (Phi) is 6.57. The number of likely N-dealkylation sites (tertiary alicyclic amines) is 1. The topological polar surface area (TPSA) is 87.7 Å². The normalized spacial score (nSPS) is 14.4. The first-order chi connectivity index (χ1) is 11.5. The number of nitrogens with one attached hydrogen (secondary N) is 2. The summed E-state index contributed by atoms with van der Waals surface area (Å²) in [5.41, 5.74) is 0.933. The summed E-state index contributed by atoms with van der Waals surface area (Å²) in [6.07, 6.45) is 2.29. The number of carbonyl (C=O) groups is 3. The highest BCUT2D eigenvalue weighted by atomic mass is 35.5. The van der Waals surface area contributed by atoms with Gasteiger partial charge in [-0.3, -0.25) is 14.4 Å². The van der Waals surface area contributed by atoms with Crippen LogP contribution in [0.15, 0.2) is 18.2 Å². The van der Waals surface area contributed by atoms with E-state index < -0.39 is 0 Å². The third-order valence-electron chi connectivity index (χ3n) is 3.56. The van der Waals surface area contributed by atoms with Crippen molar-refractivity contribution in [3.63, 3.8) is 0 Å². The van der Waals surface area contributed by atoms with Gasteiger partial charge in [-0.2, -0.15) is 0 Å². The van der Waals surface area contributed by atoms with Gasteiger partial charge in [-0.05, 0) is 31.0 Å². The molecule has 0 radical (unpaired) electrons. The molecule has 0 aliphatic carbocycles. The fourth-order valence-corrected chi connectivity index (χ4v) is 2.64. The van der Waals surface area contributed by atoms with Crippen molar-refractivity contribution in [1.29, 1.82) is 0 Å². The van der Waals surface area contributed by atoms with Crippen molar-refractivity contribution in [1.82, 2.24) is 4.90 Å². The number of anilines is 2. The van der Waals surface area contributed by atoms with E-state index in [4.69, 9.17) is 16.3 Å². The average Bonchev–Trinajstić information content (AvgIpc) is 2.52. The maximum Gasteiger partial charge on any atom is 0.250 e. The van der Waals surface area contributed by atoms with Gasteiger partial charge in [0.25, 0.3) is 0 Å². The number of halogens is 1. The van der Waals surface area contributed by atoms with Crippen LogP contribution in [0.5, 0.6) is 0 Å². The van der Waals surface area contributed by atoms with Crippen LogP contribution in [0, 0.1) is 0 Å². The molecular weight excluding hydrogens is 334 g/mol. The third kappa shape index (κ3) is 5.21. The van der Waals surface area contributed by atoms with E-state index in [0.717, 1.165) is 12.8 Å². The Labute approximate surface area is 145 Å². The van der Waals surface area contributed by atoms with Crippen LogP contribution in [0.4, 0.5) is 11.4 Å². The zero-order chi connectivity index (χ0) is 17.5. The number of hydrogen-bond acceptors (Lipinski definition) is 4. The second-order valence-corrected chi connectivity index (χ2v) is 5.90.